The summed E-state index contributed by atoms with van der Waals surface area (Å²) in [6, 6.07) is 13.5. The largest absolute Gasteiger partial charge is 0.445 e. The maximum absolute atomic E-state index is 11.9. The van der Waals surface area contributed by atoms with Gasteiger partial charge in [0.1, 0.15) is 6.61 Å². The average Bonchev–Trinajstić information content (AvgIpc) is 3.27. The van der Waals surface area contributed by atoms with E-state index in [1.54, 1.807) is 6.20 Å². The Hall–Kier alpha value is -1.88. The number of nitrogens with one attached hydrogen (secondary N) is 1. The zero-order chi connectivity index (χ0) is 14.7. The summed E-state index contributed by atoms with van der Waals surface area (Å²) >= 11 is 3.36. The number of nitrogens with zero attached hydrogens (tertiary/aromatic N) is 1. The van der Waals surface area contributed by atoms with Crippen LogP contribution in [0.15, 0.2) is 53.1 Å². The highest BCUT2D eigenvalue weighted by Crippen LogP contribution is 2.44. The minimum atomic E-state index is -0.402. The Morgan fingerprint density at radius 1 is 1.24 bits per heavy atom. The molecule has 21 heavy (non-hydrogen) atoms. The van der Waals surface area contributed by atoms with Crippen molar-refractivity contribution in [2.24, 2.45) is 0 Å². The molecule has 1 aliphatic rings. The fourth-order valence-corrected chi connectivity index (χ4v) is 2.42. The number of hydrogen-bond acceptors (Lipinski definition) is 3. The zero-order valence-electron chi connectivity index (χ0n) is 11.4. The van der Waals surface area contributed by atoms with Crippen LogP contribution in [0.2, 0.25) is 0 Å². The van der Waals surface area contributed by atoms with Crippen LogP contribution in [-0.4, -0.2) is 11.1 Å². The van der Waals surface area contributed by atoms with Crippen LogP contribution in [0.1, 0.15) is 24.1 Å². The first-order valence-electron chi connectivity index (χ1n) is 6.79. The number of aromatic nitrogens is 1. The van der Waals surface area contributed by atoms with Gasteiger partial charge in [0.15, 0.2) is 0 Å². The van der Waals surface area contributed by atoms with Crippen molar-refractivity contribution in [3.63, 3.8) is 0 Å². The minimum Gasteiger partial charge on any atom is -0.445 e. The van der Waals surface area contributed by atoms with Crippen LogP contribution < -0.4 is 5.32 Å². The molecule has 0 aliphatic heterocycles. The van der Waals surface area contributed by atoms with Gasteiger partial charge < -0.3 is 10.1 Å². The third kappa shape index (κ3) is 3.42. The Labute approximate surface area is 131 Å². The molecule has 2 aromatic rings. The summed E-state index contributed by atoms with van der Waals surface area (Å²) in [6.07, 6.45) is 3.12. The molecule has 108 valence electrons. The molecule has 0 radical (unpaired) electrons. The Balaban J connectivity index is 1.58. The van der Waals surface area contributed by atoms with Crippen molar-refractivity contribution in [3.05, 3.63) is 64.4 Å². The van der Waals surface area contributed by atoms with E-state index in [-0.39, 0.29) is 12.1 Å². The maximum atomic E-state index is 11.9. The molecule has 4 nitrogen and oxygen atoms in total. The fourth-order valence-electron chi connectivity index (χ4n) is 2.18. The lowest BCUT2D eigenvalue weighted by atomic mass is 10.1. The second-order valence-corrected chi connectivity index (χ2v) is 6.05. The van der Waals surface area contributed by atoms with Gasteiger partial charge >= 0.3 is 6.09 Å². The summed E-state index contributed by atoms with van der Waals surface area (Å²) in [4.78, 5) is 16.3. The number of pyridine rings is 1. The third-order valence-corrected chi connectivity index (χ3v) is 3.99. The molecule has 1 aromatic heterocycles. The van der Waals surface area contributed by atoms with Crippen LogP contribution in [0.5, 0.6) is 0 Å². The van der Waals surface area contributed by atoms with E-state index in [2.05, 4.69) is 26.2 Å². The predicted octanol–water partition coefficient (Wildman–Crippen LogP) is 3.76. The SMILES string of the molecule is O=C(NC1(c2ccc(Br)cn2)CC1)OCc1ccccc1. The van der Waals surface area contributed by atoms with Gasteiger partial charge in [0.2, 0.25) is 0 Å². The van der Waals surface area contributed by atoms with Crippen LogP contribution in [0.3, 0.4) is 0 Å². The van der Waals surface area contributed by atoms with Gasteiger partial charge in [-0.1, -0.05) is 30.3 Å². The van der Waals surface area contributed by atoms with E-state index < -0.39 is 6.09 Å². The molecule has 5 heteroatoms. The number of alkyl carbamates (subject to hydrolysis) is 1. The van der Waals surface area contributed by atoms with Crippen molar-refractivity contribution in [1.29, 1.82) is 0 Å². The molecule has 1 aliphatic carbocycles. The van der Waals surface area contributed by atoms with Crippen LogP contribution >= 0.6 is 15.9 Å². The normalized spacial score (nSPS) is 15.3. The third-order valence-electron chi connectivity index (χ3n) is 3.52. The van der Waals surface area contributed by atoms with Crippen molar-refractivity contribution in [2.75, 3.05) is 0 Å². The van der Waals surface area contributed by atoms with Crippen molar-refractivity contribution in [2.45, 2.75) is 25.0 Å². The molecule has 0 unspecified atom stereocenters. The highest BCUT2D eigenvalue weighted by molar-refractivity contribution is 9.10. The molecule has 3 rings (SSSR count). The van der Waals surface area contributed by atoms with Gasteiger partial charge in [0.25, 0.3) is 0 Å². The van der Waals surface area contributed by atoms with Crippen molar-refractivity contribution < 1.29 is 9.53 Å². The number of carbonyl (C=O) groups is 1. The van der Waals surface area contributed by atoms with Gasteiger partial charge in [0, 0.05) is 10.7 Å². The summed E-state index contributed by atoms with van der Waals surface area (Å²) in [5.41, 5.74) is 1.50. The standard InChI is InChI=1S/C16H15BrN2O2/c17-13-6-7-14(18-10-13)16(8-9-16)19-15(20)21-11-12-4-2-1-3-5-12/h1-7,10H,8-9,11H2,(H,19,20). The summed E-state index contributed by atoms with van der Waals surface area (Å²) in [5.74, 6) is 0. The highest BCUT2D eigenvalue weighted by Gasteiger charge is 2.47. The number of hydrogen-bond donors (Lipinski definition) is 1. The first-order valence-corrected chi connectivity index (χ1v) is 7.58. The number of carbonyl (C=O) groups excluding carboxylic acids is 1. The second-order valence-electron chi connectivity index (χ2n) is 5.13. The molecule has 1 fully saturated rings. The molecule has 0 spiro atoms. The Morgan fingerprint density at radius 3 is 2.62 bits per heavy atom. The quantitative estimate of drug-likeness (QED) is 0.916. The van der Waals surface area contributed by atoms with E-state index in [9.17, 15) is 4.79 Å². The fraction of sp³-hybridized carbons (Fsp3) is 0.250. The van der Waals surface area contributed by atoms with Crippen molar-refractivity contribution in [1.82, 2.24) is 10.3 Å². The van der Waals surface area contributed by atoms with Gasteiger partial charge in [-0.25, -0.2) is 4.79 Å². The second kappa shape index (κ2) is 5.85. The molecule has 1 amide bonds. The molecular formula is C16H15BrN2O2. The first kappa shape index (κ1) is 14.1. The maximum Gasteiger partial charge on any atom is 0.408 e. The van der Waals surface area contributed by atoms with Gasteiger partial charge in [-0.2, -0.15) is 0 Å². The molecule has 1 heterocycles. The Kier molecular flexibility index (Phi) is 3.92. The van der Waals surface area contributed by atoms with Crippen LogP contribution in [-0.2, 0) is 16.9 Å². The van der Waals surface area contributed by atoms with Crippen LogP contribution in [0.4, 0.5) is 4.79 Å². The van der Waals surface area contributed by atoms with Crippen LogP contribution in [0.25, 0.3) is 0 Å². The van der Waals surface area contributed by atoms with E-state index in [1.807, 2.05) is 42.5 Å². The Bertz CT molecular complexity index is 624. The number of amides is 1. The molecule has 1 saturated carbocycles. The minimum absolute atomic E-state index is 0.274. The topological polar surface area (TPSA) is 51.2 Å². The monoisotopic (exact) mass is 346 g/mol. The number of halogens is 1. The smallest absolute Gasteiger partial charge is 0.408 e. The summed E-state index contributed by atoms with van der Waals surface area (Å²) < 4.78 is 6.19. The number of ether oxygens (including phenoxy) is 1. The predicted molar refractivity (Wildman–Crippen MR) is 82.6 cm³/mol. The van der Waals surface area contributed by atoms with Crippen molar-refractivity contribution >= 4 is 22.0 Å². The van der Waals surface area contributed by atoms with Gasteiger partial charge in [-0.15, -0.1) is 0 Å². The van der Waals surface area contributed by atoms with Gasteiger partial charge in [-0.3, -0.25) is 4.98 Å². The lowest BCUT2D eigenvalue weighted by molar-refractivity contribution is 0.134. The summed E-state index contributed by atoms with van der Waals surface area (Å²) in [6.45, 7) is 0.274. The molecule has 0 atom stereocenters. The molecule has 0 saturated heterocycles. The molecular weight excluding hydrogens is 332 g/mol. The van der Waals surface area contributed by atoms with E-state index in [0.717, 1.165) is 28.6 Å². The number of benzene rings is 1. The number of rotatable bonds is 4. The molecule has 1 N–H and O–H groups in total. The van der Waals surface area contributed by atoms with Crippen LogP contribution in [0, 0.1) is 0 Å². The van der Waals surface area contributed by atoms with Crippen molar-refractivity contribution in [3.8, 4) is 0 Å². The van der Waals surface area contributed by atoms with E-state index in [4.69, 9.17) is 4.74 Å². The highest BCUT2D eigenvalue weighted by atomic mass is 79.9. The lowest BCUT2D eigenvalue weighted by Gasteiger charge is -2.16. The summed E-state index contributed by atoms with van der Waals surface area (Å²) in [5, 5.41) is 2.93. The first-order chi connectivity index (χ1) is 10.2. The van der Waals surface area contributed by atoms with E-state index >= 15 is 0 Å². The van der Waals surface area contributed by atoms with Gasteiger partial charge in [0.05, 0.1) is 11.2 Å². The lowest BCUT2D eigenvalue weighted by Crippen LogP contribution is -2.35. The molecule has 0 bridgehead atoms. The summed E-state index contributed by atoms with van der Waals surface area (Å²) in [7, 11) is 0. The molecule has 1 aromatic carbocycles. The Morgan fingerprint density at radius 2 is 2.00 bits per heavy atom. The van der Waals surface area contributed by atoms with E-state index in [0.29, 0.717) is 0 Å². The van der Waals surface area contributed by atoms with Gasteiger partial charge in [-0.05, 0) is 46.5 Å². The van der Waals surface area contributed by atoms with E-state index in [1.165, 1.54) is 0 Å². The zero-order valence-corrected chi connectivity index (χ0v) is 13.0. The average molecular weight is 347 g/mol.